The molecule has 0 atom stereocenters. The van der Waals surface area contributed by atoms with Gasteiger partial charge in [0.1, 0.15) is 0 Å². The highest BCUT2D eigenvalue weighted by atomic mass is 32.2. The van der Waals surface area contributed by atoms with Crippen molar-refractivity contribution in [2.24, 2.45) is 14.1 Å². The standard InChI is InChI=1S/C17H24N4O4S/c1-4-5-16(22)20-8-10-21(11-9-20)26(24,25)13-6-7-14-15(12-13)19(3)17(23)18(14)2/h6-7,12H,4-5,8-11H2,1-3H3. The molecule has 1 fully saturated rings. The Morgan fingerprint density at radius 1 is 1.04 bits per heavy atom. The van der Waals surface area contributed by atoms with E-state index < -0.39 is 10.0 Å². The van der Waals surface area contributed by atoms with E-state index in [0.717, 1.165) is 6.42 Å². The van der Waals surface area contributed by atoms with E-state index in [1.807, 2.05) is 6.92 Å². The van der Waals surface area contributed by atoms with Crippen molar-refractivity contribution in [2.45, 2.75) is 24.7 Å². The van der Waals surface area contributed by atoms with Gasteiger partial charge in [0.25, 0.3) is 0 Å². The molecule has 2 aromatic rings. The topological polar surface area (TPSA) is 84.6 Å². The maximum Gasteiger partial charge on any atom is 0.328 e. The summed E-state index contributed by atoms with van der Waals surface area (Å²) in [4.78, 5) is 25.9. The number of rotatable bonds is 4. The van der Waals surface area contributed by atoms with Crippen molar-refractivity contribution < 1.29 is 13.2 Å². The Morgan fingerprint density at radius 2 is 1.65 bits per heavy atom. The van der Waals surface area contributed by atoms with E-state index in [2.05, 4.69) is 0 Å². The molecule has 2 heterocycles. The Hall–Kier alpha value is -2.13. The van der Waals surface area contributed by atoms with Crippen LogP contribution in [0.2, 0.25) is 0 Å². The lowest BCUT2D eigenvalue weighted by Crippen LogP contribution is -2.50. The molecule has 1 saturated heterocycles. The second-order valence-electron chi connectivity index (χ2n) is 6.59. The van der Waals surface area contributed by atoms with Gasteiger partial charge in [-0.3, -0.25) is 13.9 Å². The van der Waals surface area contributed by atoms with Crippen LogP contribution in [-0.4, -0.2) is 58.8 Å². The molecule has 8 nitrogen and oxygen atoms in total. The van der Waals surface area contributed by atoms with Crippen LogP contribution in [-0.2, 0) is 28.9 Å². The predicted molar refractivity (Wildman–Crippen MR) is 98.4 cm³/mol. The van der Waals surface area contributed by atoms with Gasteiger partial charge in [-0.1, -0.05) is 6.92 Å². The van der Waals surface area contributed by atoms with Crippen molar-refractivity contribution >= 4 is 27.0 Å². The summed E-state index contributed by atoms with van der Waals surface area (Å²) in [6, 6.07) is 4.73. The van der Waals surface area contributed by atoms with Gasteiger partial charge in [-0.2, -0.15) is 4.31 Å². The summed E-state index contributed by atoms with van der Waals surface area (Å²) >= 11 is 0. The third-order valence-corrected chi connectivity index (χ3v) is 6.83. The first-order chi connectivity index (χ1) is 12.3. The maximum atomic E-state index is 13.0. The van der Waals surface area contributed by atoms with Gasteiger partial charge in [-0.25, -0.2) is 13.2 Å². The van der Waals surface area contributed by atoms with E-state index in [1.54, 1.807) is 31.1 Å². The van der Waals surface area contributed by atoms with Crippen LogP contribution >= 0.6 is 0 Å². The first kappa shape index (κ1) is 18.7. The molecule has 0 N–H and O–H groups in total. The normalized spacial score (nSPS) is 16.3. The molecule has 3 rings (SSSR count). The van der Waals surface area contributed by atoms with Crippen LogP contribution < -0.4 is 5.69 Å². The lowest BCUT2D eigenvalue weighted by Gasteiger charge is -2.34. The number of piperazine rings is 1. The number of aryl methyl sites for hydroxylation is 2. The molecule has 1 amide bonds. The number of aromatic nitrogens is 2. The second-order valence-corrected chi connectivity index (χ2v) is 8.52. The zero-order valence-corrected chi connectivity index (χ0v) is 16.1. The largest absolute Gasteiger partial charge is 0.340 e. The summed E-state index contributed by atoms with van der Waals surface area (Å²) in [5.74, 6) is 0.0743. The molecule has 9 heteroatoms. The number of imidazole rings is 1. The number of sulfonamides is 1. The molecule has 1 aliphatic heterocycles. The SMILES string of the molecule is CCCC(=O)N1CCN(S(=O)(=O)c2ccc3c(c2)n(C)c(=O)n3C)CC1. The van der Waals surface area contributed by atoms with E-state index in [1.165, 1.54) is 19.5 Å². The molecular weight excluding hydrogens is 356 g/mol. The van der Waals surface area contributed by atoms with Crippen molar-refractivity contribution in [3.05, 3.63) is 28.7 Å². The summed E-state index contributed by atoms with van der Waals surface area (Å²) in [5.41, 5.74) is 1.07. The van der Waals surface area contributed by atoms with E-state index in [0.29, 0.717) is 30.5 Å². The van der Waals surface area contributed by atoms with Gasteiger partial charge >= 0.3 is 5.69 Å². The van der Waals surface area contributed by atoms with E-state index >= 15 is 0 Å². The molecular formula is C17H24N4O4S. The van der Waals surface area contributed by atoms with E-state index in [4.69, 9.17) is 0 Å². The molecule has 1 aromatic carbocycles. The van der Waals surface area contributed by atoms with Crippen LogP contribution in [0.25, 0.3) is 11.0 Å². The van der Waals surface area contributed by atoms with E-state index in [-0.39, 0.29) is 29.6 Å². The van der Waals surface area contributed by atoms with Gasteiger partial charge in [-0.15, -0.1) is 0 Å². The fourth-order valence-corrected chi connectivity index (χ4v) is 4.79. The molecule has 26 heavy (non-hydrogen) atoms. The smallest absolute Gasteiger partial charge is 0.328 e. The molecule has 0 bridgehead atoms. The van der Waals surface area contributed by atoms with Crippen LogP contribution in [0.3, 0.4) is 0 Å². The van der Waals surface area contributed by atoms with Crippen molar-refractivity contribution in [1.82, 2.24) is 18.3 Å². The quantitative estimate of drug-likeness (QED) is 0.774. The minimum Gasteiger partial charge on any atom is -0.340 e. The van der Waals surface area contributed by atoms with Crippen LogP contribution in [0.5, 0.6) is 0 Å². The number of hydrogen-bond acceptors (Lipinski definition) is 4. The molecule has 142 valence electrons. The van der Waals surface area contributed by atoms with Crippen molar-refractivity contribution in [3.63, 3.8) is 0 Å². The Morgan fingerprint density at radius 3 is 2.27 bits per heavy atom. The fourth-order valence-electron chi connectivity index (χ4n) is 3.35. The second kappa shape index (κ2) is 6.88. The third-order valence-electron chi connectivity index (χ3n) is 4.94. The molecule has 0 radical (unpaired) electrons. The van der Waals surface area contributed by atoms with Gasteiger partial charge in [0, 0.05) is 46.7 Å². The summed E-state index contributed by atoms with van der Waals surface area (Å²) in [6.45, 7) is 3.33. The summed E-state index contributed by atoms with van der Waals surface area (Å²) in [7, 11) is -0.382. The number of hydrogen-bond donors (Lipinski definition) is 0. The number of carbonyl (C=O) groups excluding carboxylic acids is 1. The van der Waals surface area contributed by atoms with Crippen LogP contribution in [0, 0.1) is 0 Å². The summed E-state index contributed by atoms with van der Waals surface area (Å²) in [5, 5.41) is 0. The zero-order valence-electron chi connectivity index (χ0n) is 15.3. The van der Waals surface area contributed by atoms with Gasteiger partial charge in [0.05, 0.1) is 15.9 Å². The summed E-state index contributed by atoms with van der Waals surface area (Å²) in [6.07, 6.45) is 1.28. The molecule has 0 spiro atoms. The number of fused-ring (bicyclic) bond motifs is 1. The molecule has 1 aliphatic rings. The monoisotopic (exact) mass is 380 g/mol. The third kappa shape index (κ3) is 3.05. The molecule has 1 aromatic heterocycles. The van der Waals surface area contributed by atoms with E-state index in [9.17, 15) is 18.0 Å². The first-order valence-corrected chi connectivity index (χ1v) is 10.1. The van der Waals surface area contributed by atoms with Gasteiger partial charge < -0.3 is 4.90 Å². The average molecular weight is 380 g/mol. The van der Waals surface area contributed by atoms with Crippen molar-refractivity contribution in [2.75, 3.05) is 26.2 Å². The lowest BCUT2D eigenvalue weighted by molar-refractivity contribution is -0.132. The Bertz CT molecular complexity index is 998. The fraction of sp³-hybridized carbons (Fsp3) is 0.529. The van der Waals surface area contributed by atoms with Crippen LogP contribution in [0.4, 0.5) is 0 Å². The number of benzene rings is 1. The number of nitrogens with zero attached hydrogens (tertiary/aromatic N) is 4. The number of carbonyl (C=O) groups is 1. The zero-order chi connectivity index (χ0) is 19.1. The minimum atomic E-state index is -3.66. The van der Waals surface area contributed by atoms with Crippen molar-refractivity contribution in [1.29, 1.82) is 0 Å². The number of amides is 1. The predicted octanol–water partition coefficient (Wildman–Crippen LogP) is 0.510. The van der Waals surface area contributed by atoms with Gasteiger partial charge in [0.2, 0.25) is 15.9 Å². The highest BCUT2D eigenvalue weighted by Crippen LogP contribution is 2.22. The highest BCUT2D eigenvalue weighted by Gasteiger charge is 2.30. The van der Waals surface area contributed by atoms with Crippen LogP contribution in [0.15, 0.2) is 27.9 Å². The molecule has 0 aliphatic carbocycles. The molecule has 0 unspecified atom stereocenters. The Balaban J connectivity index is 1.85. The van der Waals surface area contributed by atoms with Gasteiger partial charge in [-0.05, 0) is 24.6 Å². The lowest BCUT2D eigenvalue weighted by atomic mass is 10.2. The van der Waals surface area contributed by atoms with Crippen molar-refractivity contribution in [3.8, 4) is 0 Å². The average Bonchev–Trinajstić information content (AvgIpc) is 2.86. The highest BCUT2D eigenvalue weighted by molar-refractivity contribution is 7.89. The minimum absolute atomic E-state index is 0.0743. The van der Waals surface area contributed by atoms with Crippen LogP contribution in [0.1, 0.15) is 19.8 Å². The Kier molecular flexibility index (Phi) is 4.94. The Labute approximate surface area is 152 Å². The van der Waals surface area contributed by atoms with Gasteiger partial charge in [0.15, 0.2) is 0 Å². The maximum absolute atomic E-state index is 13.0. The first-order valence-electron chi connectivity index (χ1n) is 8.70. The summed E-state index contributed by atoms with van der Waals surface area (Å²) < 4.78 is 30.3. The molecule has 0 saturated carbocycles.